The lowest BCUT2D eigenvalue weighted by Gasteiger charge is -2.35. The van der Waals surface area contributed by atoms with E-state index in [0.717, 1.165) is 47.1 Å². The highest BCUT2D eigenvalue weighted by molar-refractivity contribution is 9.10. The minimum atomic E-state index is -3.28. The van der Waals surface area contributed by atoms with Crippen LogP contribution in [-0.2, 0) is 10.0 Å². The Morgan fingerprint density at radius 2 is 1.93 bits per heavy atom. The van der Waals surface area contributed by atoms with Crippen LogP contribution in [0, 0.1) is 13.8 Å². The molecule has 1 aromatic carbocycles. The van der Waals surface area contributed by atoms with Gasteiger partial charge in [0.2, 0.25) is 10.0 Å². The molecule has 1 atom stereocenters. The number of hydrogen-bond donors (Lipinski definition) is 1. The van der Waals surface area contributed by atoms with E-state index < -0.39 is 10.0 Å². The summed E-state index contributed by atoms with van der Waals surface area (Å²) in [4.78, 5) is 14.8. The van der Waals surface area contributed by atoms with Crippen LogP contribution in [0.1, 0.15) is 41.0 Å². The molecular weight excluding hydrogens is 444 g/mol. The van der Waals surface area contributed by atoms with Gasteiger partial charge < -0.3 is 4.90 Å². The Hall–Kier alpha value is -1.71. The average molecular weight is 469 g/mol. The summed E-state index contributed by atoms with van der Waals surface area (Å²) < 4.78 is 28.2. The lowest BCUT2D eigenvalue weighted by Crippen LogP contribution is -2.49. The van der Waals surface area contributed by atoms with Crippen molar-refractivity contribution in [1.82, 2.24) is 19.4 Å². The third-order valence-corrected chi connectivity index (χ3v) is 6.87. The Balaban J connectivity index is 1.78. The second-order valence-electron chi connectivity index (χ2n) is 7.21. The van der Waals surface area contributed by atoms with Crippen molar-refractivity contribution in [2.45, 2.75) is 39.2 Å². The summed E-state index contributed by atoms with van der Waals surface area (Å²) in [7, 11) is -3.28. The van der Waals surface area contributed by atoms with Crippen molar-refractivity contribution in [3.8, 4) is 5.69 Å². The zero-order valence-electron chi connectivity index (χ0n) is 16.3. The van der Waals surface area contributed by atoms with Crippen LogP contribution in [-0.4, -0.2) is 54.4 Å². The predicted molar refractivity (Wildman–Crippen MR) is 112 cm³/mol. The van der Waals surface area contributed by atoms with Crippen LogP contribution in [0.5, 0.6) is 0 Å². The topological polar surface area (TPSA) is 84.3 Å². The molecule has 1 N–H and O–H groups in total. The highest BCUT2D eigenvalue weighted by Gasteiger charge is 2.28. The van der Waals surface area contributed by atoms with Crippen molar-refractivity contribution in [2.75, 3.05) is 19.3 Å². The van der Waals surface area contributed by atoms with E-state index in [1.807, 2.05) is 30.7 Å². The van der Waals surface area contributed by atoms with Crippen LogP contribution in [0.4, 0.5) is 0 Å². The maximum Gasteiger partial charge on any atom is 0.254 e. The number of halogens is 1. The van der Waals surface area contributed by atoms with Crippen molar-refractivity contribution in [3.05, 3.63) is 45.7 Å². The van der Waals surface area contributed by atoms with Gasteiger partial charge in [0.05, 0.1) is 27.8 Å². The SMILES string of the molecule is Cc1nn(-c2ccc(C(=O)N3CCCCC3CNS(C)(=O)=O)cc2)c(C)c1Br. The molecule has 1 fully saturated rings. The van der Waals surface area contributed by atoms with E-state index >= 15 is 0 Å². The lowest BCUT2D eigenvalue weighted by atomic mass is 10.0. The van der Waals surface area contributed by atoms with E-state index in [2.05, 4.69) is 25.8 Å². The first-order valence-electron chi connectivity index (χ1n) is 9.25. The maximum atomic E-state index is 13.0. The first-order chi connectivity index (χ1) is 13.2. The van der Waals surface area contributed by atoms with Gasteiger partial charge in [-0.25, -0.2) is 17.8 Å². The second-order valence-corrected chi connectivity index (χ2v) is 9.84. The van der Waals surface area contributed by atoms with Crippen LogP contribution < -0.4 is 4.72 Å². The summed E-state index contributed by atoms with van der Waals surface area (Å²) in [5, 5.41) is 4.51. The molecule has 2 heterocycles. The standard InChI is InChI=1S/C19H25BrN4O3S/c1-13-18(20)14(2)24(22-13)16-9-7-15(8-10-16)19(25)23-11-5-4-6-17(23)12-21-28(3,26)27/h7-10,17,21H,4-6,11-12H2,1-3H3. The number of nitrogens with zero attached hydrogens (tertiary/aromatic N) is 3. The molecule has 1 aliphatic rings. The molecule has 1 unspecified atom stereocenters. The summed E-state index contributed by atoms with van der Waals surface area (Å²) in [6, 6.07) is 7.25. The zero-order valence-corrected chi connectivity index (χ0v) is 18.7. The molecule has 1 aromatic heterocycles. The Kier molecular flexibility index (Phi) is 6.26. The predicted octanol–water partition coefficient (Wildman–Crippen LogP) is 2.80. The number of hydrogen-bond acceptors (Lipinski definition) is 4. The number of likely N-dealkylation sites (tertiary alicyclic amines) is 1. The Bertz CT molecular complexity index is 970. The van der Waals surface area contributed by atoms with Crippen LogP contribution >= 0.6 is 15.9 Å². The minimum absolute atomic E-state index is 0.0684. The van der Waals surface area contributed by atoms with Gasteiger partial charge in [0.15, 0.2) is 0 Å². The van der Waals surface area contributed by atoms with Gasteiger partial charge >= 0.3 is 0 Å². The molecular formula is C19H25BrN4O3S. The lowest BCUT2D eigenvalue weighted by molar-refractivity contribution is 0.0619. The quantitative estimate of drug-likeness (QED) is 0.730. The first-order valence-corrected chi connectivity index (χ1v) is 11.9. The summed E-state index contributed by atoms with van der Waals surface area (Å²) in [6.45, 7) is 4.81. The number of sulfonamides is 1. The Morgan fingerprint density at radius 3 is 2.50 bits per heavy atom. The number of aryl methyl sites for hydroxylation is 1. The van der Waals surface area contributed by atoms with E-state index in [9.17, 15) is 13.2 Å². The molecule has 1 aliphatic heterocycles. The normalized spacial score (nSPS) is 17.7. The van der Waals surface area contributed by atoms with Crippen LogP contribution in [0.25, 0.3) is 5.69 Å². The van der Waals surface area contributed by atoms with Gasteiger partial charge in [-0.05, 0) is 73.3 Å². The van der Waals surface area contributed by atoms with Gasteiger partial charge in [-0.1, -0.05) is 0 Å². The van der Waals surface area contributed by atoms with Crippen LogP contribution in [0.15, 0.2) is 28.7 Å². The van der Waals surface area contributed by atoms with Gasteiger partial charge in [0.25, 0.3) is 5.91 Å². The molecule has 1 saturated heterocycles. The minimum Gasteiger partial charge on any atom is -0.334 e. The summed E-state index contributed by atoms with van der Waals surface area (Å²) >= 11 is 3.53. The molecule has 28 heavy (non-hydrogen) atoms. The largest absolute Gasteiger partial charge is 0.334 e. The number of aromatic nitrogens is 2. The number of benzene rings is 1. The van der Waals surface area contributed by atoms with E-state index in [-0.39, 0.29) is 18.5 Å². The molecule has 1 amide bonds. The number of rotatable bonds is 5. The van der Waals surface area contributed by atoms with Gasteiger partial charge in [0.1, 0.15) is 0 Å². The molecule has 3 rings (SSSR count). The summed E-state index contributed by atoms with van der Waals surface area (Å²) in [6.07, 6.45) is 3.86. The fraction of sp³-hybridized carbons (Fsp3) is 0.474. The van der Waals surface area contributed by atoms with E-state index in [4.69, 9.17) is 0 Å². The van der Waals surface area contributed by atoms with Gasteiger partial charge in [-0.15, -0.1) is 0 Å². The third-order valence-electron chi connectivity index (χ3n) is 5.03. The number of piperidine rings is 1. The van der Waals surface area contributed by atoms with Crippen molar-refractivity contribution in [2.24, 2.45) is 0 Å². The van der Waals surface area contributed by atoms with Crippen LogP contribution in [0.2, 0.25) is 0 Å². The second kappa shape index (κ2) is 8.34. The molecule has 2 aromatic rings. The van der Waals surface area contributed by atoms with Gasteiger partial charge in [-0.3, -0.25) is 4.79 Å². The van der Waals surface area contributed by atoms with E-state index in [1.165, 1.54) is 0 Å². The molecule has 0 bridgehead atoms. The molecule has 0 spiro atoms. The zero-order chi connectivity index (χ0) is 20.5. The fourth-order valence-corrected chi connectivity index (χ4v) is 4.26. The van der Waals surface area contributed by atoms with Gasteiger partial charge in [0, 0.05) is 24.7 Å². The Morgan fingerprint density at radius 1 is 1.25 bits per heavy atom. The molecule has 9 heteroatoms. The fourth-order valence-electron chi connectivity index (χ4n) is 3.51. The molecule has 0 aliphatic carbocycles. The smallest absolute Gasteiger partial charge is 0.254 e. The van der Waals surface area contributed by atoms with Crippen LogP contribution in [0.3, 0.4) is 0 Å². The average Bonchev–Trinajstić information content (AvgIpc) is 2.93. The monoisotopic (exact) mass is 468 g/mol. The highest BCUT2D eigenvalue weighted by atomic mass is 79.9. The van der Waals surface area contributed by atoms with Crippen molar-refractivity contribution < 1.29 is 13.2 Å². The highest BCUT2D eigenvalue weighted by Crippen LogP contribution is 2.24. The van der Waals surface area contributed by atoms with Crippen molar-refractivity contribution in [3.63, 3.8) is 0 Å². The number of carbonyl (C=O) groups excluding carboxylic acids is 1. The Labute approximate surface area is 174 Å². The number of nitrogens with one attached hydrogen (secondary N) is 1. The summed E-state index contributed by atoms with van der Waals surface area (Å²) in [5.74, 6) is -0.0684. The van der Waals surface area contributed by atoms with E-state index in [1.54, 1.807) is 17.0 Å². The van der Waals surface area contributed by atoms with Crippen molar-refractivity contribution >= 4 is 31.9 Å². The molecule has 7 nitrogen and oxygen atoms in total. The van der Waals surface area contributed by atoms with Gasteiger partial charge in [-0.2, -0.15) is 5.10 Å². The number of carbonyl (C=O) groups is 1. The summed E-state index contributed by atoms with van der Waals surface area (Å²) in [5.41, 5.74) is 3.39. The maximum absolute atomic E-state index is 13.0. The molecule has 0 radical (unpaired) electrons. The van der Waals surface area contributed by atoms with Crippen molar-refractivity contribution in [1.29, 1.82) is 0 Å². The van der Waals surface area contributed by atoms with E-state index in [0.29, 0.717) is 12.1 Å². The third kappa shape index (κ3) is 4.64. The number of amides is 1. The molecule has 152 valence electrons. The molecule has 0 saturated carbocycles. The first kappa shape index (κ1) is 21.0.